The van der Waals surface area contributed by atoms with Crippen molar-refractivity contribution < 1.29 is 131 Å². The molecule has 0 saturated carbocycles. The van der Waals surface area contributed by atoms with Crippen LogP contribution >= 0.6 is 0 Å². The van der Waals surface area contributed by atoms with Gasteiger partial charge in [-0.1, -0.05) is 32.9 Å². The first-order chi connectivity index (χ1) is 30.4. The number of allylic oxidation sites excluding steroid dienone is 3. The molecule has 1 unspecified atom stereocenters. The topological polar surface area (TPSA) is 265 Å². The summed E-state index contributed by atoms with van der Waals surface area (Å²) >= 11 is 0. The second kappa shape index (κ2) is 27.5. The summed E-state index contributed by atoms with van der Waals surface area (Å²) in [5.74, 6) is -1.10. The fourth-order valence-corrected chi connectivity index (χ4v) is 8.95. The van der Waals surface area contributed by atoms with E-state index in [1.807, 2.05) is 55.7 Å². The van der Waals surface area contributed by atoms with E-state index in [9.17, 15) is 48.8 Å². The van der Waals surface area contributed by atoms with E-state index < -0.39 is 63.6 Å². The summed E-state index contributed by atoms with van der Waals surface area (Å²) in [6.07, 6.45) is 5.59. The van der Waals surface area contributed by atoms with Crippen molar-refractivity contribution in [2.75, 3.05) is 89.4 Å². The molecule has 2 heterocycles. The molecule has 1 N–H and O–H groups in total. The first kappa shape index (κ1) is 61.1. The molecule has 18 nitrogen and oxygen atoms in total. The van der Waals surface area contributed by atoms with Crippen molar-refractivity contribution >= 4 is 48.1 Å². The van der Waals surface area contributed by atoms with Crippen molar-refractivity contribution in [2.24, 2.45) is 0 Å². The number of rotatable bonds is 27. The Morgan fingerprint density at radius 2 is 1.43 bits per heavy atom. The Labute approximate surface area is 439 Å². The van der Waals surface area contributed by atoms with Gasteiger partial charge in [-0.15, -0.1) is 0 Å². The smallest absolute Gasteiger partial charge is 0.748 e. The minimum absolute atomic E-state index is 0. The predicted octanol–water partition coefficient (Wildman–Crippen LogP) is -2.14. The maximum Gasteiger partial charge on any atom is 1.00 e. The van der Waals surface area contributed by atoms with Crippen LogP contribution in [0.4, 0.5) is 5.69 Å². The number of anilines is 1. The van der Waals surface area contributed by atoms with E-state index in [2.05, 4.69) is 0 Å². The number of nitrogens with zero attached hydrogens (tertiary/aromatic N) is 2. The summed E-state index contributed by atoms with van der Waals surface area (Å²) in [6, 6.07) is 11.3. The van der Waals surface area contributed by atoms with Gasteiger partial charge in [0.2, 0.25) is 5.36 Å². The fraction of sp³-hybridized carbons (Fsp3) is 0.545. The maximum atomic E-state index is 12.2. The van der Waals surface area contributed by atoms with Crippen LogP contribution in [0.2, 0.25) is 0 Å². The molecule has 0 spiro atoms. The van der Waals surface area contributed by atoms with E-state index >= 15 is 0 Å². The third-order valence-corrected chi connectivity index (χ3v) is 13.2. The molecule has 0 bridgehead atoms. The molecule has 0 saturated heterocycles. The number of carboxylic acids is 1. The van der Waals surface area contributed by atoms with Crippen LogP contribution in [0.3, 0.4) is 0 Å². The maximum absolute atomic E-state index is 12.2. The van der Waals surface area contributed by atoms with E-state index in [0.29, 0.717) is 85.6 Å². The van der Waals surface area contributed by atoms with Crippen LogP contribution in [-0.4, -0.2) is 134 Å². The second-order valence-corrected chi connectivity index (χ2v) is 21.2. The van der Waals surface area contributed by atoms with Gasteiger partial charge in [0.25, 0.3) is 0 Å². The summed E-state index contributed by atoms with van der Waals surface area (Å²) in [5.41, 5.74) is 1.43. The van der Waals surface area contributed by atoms with Crippen LogP contribution in [0, 0.1) is 0 Å². The van der Waals surface area contributed by atoms with Gasteiger partial charge in [0, 0.05) is 71.8 Å². The number of carboxylic acid groups (broad SMARTS) is 1. The minimum Gasteiger partial charge on any atom is -0.748 e. The van der Waals surface area contributed by atoms with Crippen molar-refractivity contribution in [2.45, 2.75) is 75.5 Å². The van der Waals surface area contributed by atoms with Gasteiger partial charge < -0.3 is 47.0 Å². The molecule has 0 amide bonds. The van der Waals surface area contributed by atoms with E-state index in [4.69, 9.17) is 23.4 Å². The van der Waals surface area contributed by atoms with Gasteiger partial charge in [-0.2, -0.15) is 0 Å². The largest absolute Gasteiger partial charge is 1.00 e. The Bertz CT molecular complexity index is 2540. The van der Waals surface area contributed by atoms with Crippen molar-refractivity contribution in [1.29, 1.82) is 0 Å². The molecule has 0 radical (unpaired) electrons. The van der Waals surface area contributed by atoms with E-state index in [1.54, 1.807) is 31.1 Å². The Morgan fingerprint density at radius 3 is 2.01 bits per heavy atom. The Kier molecular flexibility index (Phi) is 25.1. The first-order valence-electron chi connectivity index (χ1n) is 21.2. The van der Waals surface area contributed by atoms with Gasteiger partial charge >= 0.3 is 65.1 Å². The van der Waals surface area contributed by atoms with E-state index in [1.165, 1.54) is 12.1 Å². The molecule has 4 rings (SSSR count). The van der Waals surface area contributed by atoms with Crippen LogP contribution < -0.4 is 73.9 Å². The quantitative estimate of drug-likeness (QED) is 0.0370. The molecule has 0 aromatic heterocycles. The van der Waals surface area contributed by atoms with Gasteiger partial charge in [0.1, 0.15) is 34.8 Å². The molecular weight excluding hydrogens is 955 g/mol. The average Bonchev–Trinajstić information content (AvgIpc) is 3.42. The van der Waals surface area contributed by atoms with Gasteiger partial charge in [-0.05, 0) is 73.7 Å². The molecule has 1 aromatic rings. The Hall–Kier alpha value is -2.03. The first-order valence-corrected chi connectivity index (χ1v) is 25.7. The molecule has 1 aromatic carbocycles. The fourth-order valence-electron chi connectivity index (χ4n) is 7.49. The van der Waals surface area contributed by atoms with Gasteiger partial charge in [-0.3, -0.25) is 4.79 Å². The number of aliphatic carboxylic acids is 1. The summed E-state index contributed by atoms with van der Waals surface area (Å²) in [6.45, 7) is 11.1. The number of ether oxygens (including phenoxy) is 4. The van der Waals surface area contributed by atoms with E-state index in [0.717, 1.165) is 11.6 Å². The molecule has 67 heavy (non-hydrogen) atoms. The summed E-state index contributed by atoms with van der Waals surface area (Å²) in [5, 5.41) is 10.2. The SMILES string of the molecule is COCCOCCOCCOCC[N+](CCCS(=O)(=O)[O-])=c1ccc2c(/C=C/C=C3\N(CCCS(=O)(=O)[O-])c4ccc(S(=O)(=O)[O-])cc4C3(C)CCCC(=O)O)cc(C(C)(C)C)oc-2c1.[Na+].[Na+]. The number of carbonyl (C=O) groups is 1. The van der Waals surface area contributed by atoms with Crippen LogP contribution in [0.15, 0.2) is 69.6 Å². The zero-order chi connectivity index (χ0) is 48.1. The van der Waals surface area contributed by atoms with Crippen LogP contribution in [-0.2, 0) is 64.9 Å². The normalized spacial score (nSPS) is 16.6. The molecular formula is C44H60N2Na2O16S3. The predicted molar refractivity (Wildman–Crippen MR) is 239 cm³/mol. The molecule has 23 heteroatoms. The summed E-state index contributed by atoms with van der Waals surface area (Å²) in [4.78, 5) is 12.9. The van der Waals surface area contributed by atoms with Crippen molar-refractivity contribution in [3.8, 4) is 11.3 Å². The average molecular weight is 1020 g/mol. The summed E-state index contributed by atoms with van der Waals surface area (Å²) in [7, 11) is -12.3. The van der Waals surface area contributed by atoms with Gasteiger partial charge in [0.15, 0.2) is 6.54 Å². The molecule has 0 fully saturated rings. The number of hydrogen-bond donors (Lipinski definition) is 1. The summed E-state index contributed by atoms with van der Waals surface area (Å²) < 4.78 is 136. The van der Waals surface area contributed by atoms with Crippen LogP contribution in [0.25, 0.3) is 17.4 Å². The van der Waals surface area contributed by atoms with Crippen LogP contribution in [0.1, 0.15) is 76.7 Å². The molecule has 1 atom stereocenters. The number of benzene rings is 2. The molecule has 362 valence electrons. The minimum atomic E-state index is -4.88. The second-order valence-electron chi connectivity index (χ2n) is 16.8. The Morgan fingerprint density at radius 1 is 0.821 bits per heavy atom. The molecule has 3 aliphatic rings. The third-order valence-electron chi connectivity index (χ3n) is 10.8. The third kappa shape index (κ3) is 19.6. The number of fused-ring (bicyclic) bond motifs is 2. The zero-order valence-electron chi connectivity index (χ0n) is 39.5. The van der Waals surface area contributed by atoms with Crippen molar-refractivity contribution in [3.05, 3.63) is 82.6 Å². The van der Waals surface area contributed by atoms with Gasteiger partial charge in [0.05, 0.1) is 70.8 Å². The van der Waals surface area contributed by atoms with E-state index in [-0.39, 0.29) is 111 Å². The zero-order valence-corrected chi connectivity index (χ0v) is 45.9. The van der Waals surface area contributed by atoms with Crippen molar-refractivity contribution in [1.82, 2.24) is 4.58 Å². The van der Waals surface area contributed by atoms with Crippen molar-refractivity contribution in [3.63, 3.8) is 0 Å². The Balaban J connectivity index is 0.00000771. The monoisotopic (exact) mass is 1010 g/mol. The number of methoxy groups -OCH3 is 1. The number of hydrogen-bond acceptors (Lipinski definition) is 16. The van der Waals surface area contributed by atoms with Crippen LogP contribution in [0.5, 0.6) is 0 Å². The standard InChI is InChI=1S/C44H62N2O16S3.2Na/c1-43(2,3)41-30-33(36-15-13-34(31-39(36)62-41)45(18-8-28-63(49,50)51)20-21-59-24-25-61-27-26-60-23-22-58-5)10-6-11-40-44(4,17-7-12-42(47)48)37-32-35(65(55,56)57)14-16-38(37)46(40)19-9-29-64(52,53)54;;/h6,10-11,13-16,30-32H,7-9,12,17-29H2,1-5H3,(H3-,47,48,49,50,51,52,53,54,55,56,57);;/q;2*+1/p-2. The van der Waals surface area contributed by atoms with Gasteiger partial charge in [-0.25, -0.2) is 29.8 Å². The molecule has 1 aliphatic carbocycles. The molecule has 2 aliphatic heterocycles.